The zero-order valence-corrected chi connectivity index (χ0v) is 10.9. The van der Waals surface area contributed by atoms with Crippen molar-refractivity contribution in [2.45, 2.75) is 31.1 Å². The molecule has 0 bridgehead atoms. The highest BCUT2D eigenvalue weighted by atomic mass is 32.2. The van der Waals surface area contributed by atoms with Gasteiger partial charge in [0.1, 0.15) is 15.9 Å². The first kappa shape index (κ1) is 14.4. The maximum absolute atomic E-state index is 11.7. The maximum atomic E-state index is 11.7. The fourth-order valence-corrected chi connectivity index (χ4v) is 5.00. The number of rotatable bonds is 4. The van der Waals surface area contributed by atoms with Gasteiger partial charge in [-0.15, -0.1) is 0 Å². The number of hydrogen-bond donors (Lipinski definition) is 2. The minimum Gasteiger partial charge on any atom is -0.480 e. The van der Waals surface area contributed by atoms with E-state index in [2.05, 4.69) is 0 Å². The first-order valence-corrected chi connectivity index (χ1v) is 8.45. The predicted molar refractivity (Wildman–Crippen MR) is 60.8 cm³/mol. The quantitative estimate of drug-likeness (QED) is 0.681. The van der Waals surface area contributed by atoms with Crippen LogP contribution in [0.15, 0.2) is 0 Å². The fourth-order valence-electron chi connectivity index (χ4n) is 1.57. The van der Waals surface area contributed by atoms with Gasteiger partial charge in [-0.2, -0.15) is 0 Å². The Balaban J connectivity index is 2.70. The monoisotopic (exact) mass is 285 g/mol. The zero-order valence-electron chi connectivity index (χ0n) is 9.29. The van der Waals surface area contributed by atoms with Crippen LogP contribution in [0.5, 0.6) is 0 Å². The lowest BCUT2D eigenvalue weighted by atomic mass is 10.2. The summed E-state index contributed by atoms with van der Waals surface area (Å²) in [7, 11) is -6.90. The van der Waals surface area contributed by atoms with Gasteiger partial charge in [-0.25, -0.2) is 21.6 Å². The number of hydrogen-bond acceptors (Lipinski definition) is 5. The second-order valence-corrected chi connectivity index (χ2v) is 8.37. The number of carbonyl (C=O) groups is 1. The molecule has 2 N–H and O–H groups in total. The third-order valence-corrected chi connectivity index (χ3v) is 6.40. The van der Waals surface area contributed by atoms with E-state index in [4.69, 9.17) is 5.11 Å². The average molecular weight is 285 g/mol. The summed E-state index contributed by atoms with van der Waals surface area (Å²) in [6.07, 6.45) is 0.0357. The minimum atomic E-state index is -3.77. The summed E-state index contributed by atoms with van der Waals surface area (Å²) in [5.41, 5.74) is 0. The van der Waals surface area contributed by atoms with E-state index in [1.165, 1.54) is 6.92 Å². The summed E-state index contributed by atoms with van der Waals surface area (Å²) in [4.78, 5) is 10.5. The van der Waals surface area contributed by atoms with Crippen molar-refractivity contribution >= 4 is 25.8 Å². The Morgan fingerprint density at radius 2 is 1.82 bits per heavy atom. The van der Waals surface area contributed by atoms with E-state index in [1.807, 2.05) is 4.72 Å². The molecule has 0 aromatic rings. The van der Waals surface area contributed by atoms with E-state index in [-0.39, 0.29) is 24.3 Å². The molecule has 1 unspecified atom stereocenters. The van der Waals surface area contributed by atoms with Crippen LogP contribution in [0.25, 0.3) is 0 Å². The third kappa shape index (κ3) is 3.93. The van der Waals surface area contributed by atoms with Gasteiger partial charge in [0.25, 0.3) is 0 Å². The number of carboxylic acid groups (broad SMARTS) is 1. The summed E-state index contributed by atoms with van der Waals surface area (Å²) in [6, 6.07) is -1.21. The molecule has 0 aromatic heterocycles. The van der Waals surface area contributed by atoms with Crippen LogP contribution in [-0.4, -0.2) is 50.7 Å². The largest absolute Gasteiger partial charge is 0.480 e. The molecule has 1 heterocycles. The van der Waals surface area contributed by atoms with Crippen LogP contribution in [0.1, 0.15) is 19.8 Å². The Bertz CT molecular complexity index is 480. The Labute approximate surface area is 100 Å². The first-order valence-electron chi connectivity index (χ1n) is 5.08. The van der Waals surface area contributed by atoms with Gasteiger partial charge in [-0.1, -0.05) is 0 Å². The molecule has 0 aliphatic carbocycles. The van der Waals surface area contributed by atoms with Gasteiger partial charge < -0.3 is 5.11 Å². The maximum Gasteiger partial charge on any atom is 0.321 e. The van der Waals surface area contributed by atoms with Crippen LogP contribution in [-0.2, 0) is 24.7 Å². The zero-order chi connectivity index (χ0) is 13.3. The van der Waals surface area contributed by atoms with Crippen molar-refractivity contribution in [2.24, 2.45) is 0 Å². The van der Waals surface area contributed by atoms with Crippen LogP contribution < -0.4 is 4.72 Å². The molecular formula is C8H15NO6S2. The molecule has 1 rings (SSSR count). The molecule has 9 heteroatoms. The van der Waals surface area contributed by atoms with Crippen molar-refractivity contribution in [1.29, 1.82) is 0 Å². The number of sulfone groups is 1. The number of nitrogens with one attached hydrogen (secondary N) is 1. The lowest BCUT2D eigenvalue weighted by Crippen LogP contribution is -2.45. The smallest absolute Gasteiger partial charge is 0.321 e. The van der Waals surface area contributed by atoms with Crippen molar-refractivity contribution < 1.29 is 26.7 Å². The van der Waals surface area contributed by atoms with E-state index in [9.17, 15) is 21.6 Å². The molecule has 17 heavy (non-hydrogen) atoms. The van der Waals surface area contributed by atoms with E-state index in [0.29, 0.717) is 0 Å². The SMILES string of the molecule is CC(NS(=O)(=O)C1CCS(=O)(=O)CC1)C(=O)O. The van der Waals surface area contributed by atoms with E-state index in [1.54, 1.807) is 0 Å². The van der Waals surface area contributed by atoms with Crippen molar-refractivity contribution in [3.8, 4) is 0 Å². The molecule has 1 aliphatic rings. The van der Waals surface area contributed by atoms with E-state index >= 15 is 0 Å². The Kier molecular flexibility index (Phi) is 4.15. The first-order chi connectivity index (χ1) is 7.64. The van der Waals surface area contributed by atoms with Gasteiger partial charge in [0.05, 0.1) is 16.8 Å². The van der Waals surface area contributed by atoms with Crippen LogP contribution in [0, 0.1) is 0 Å². The van der Waals surface area contributed by atoms with Crippen LogP contribution in [0.2, 0.25) is 0 Å². The highest BCUT2D eigenvalue weighted by Crippen LogP contribution is 2.18. The fraction of sp³-hybridized carbons (Fsp3) is 0.875. The third-order valence-electron chi connectivity index (χ3n) is 2.65. The summed E-state index contributed by atoms with van der Waals surface area (Å²) >= 11 is 0. The normalized spacial score (nSPS) is 23.1. The van der Waals surface area contributed by atoms with Gasteiger partial charge in [0.15, 0.2) is 0 Å². The second kappa shape index (κ2) is 4.91. The molecule has 0 saturated carbocycles. The van der Waals surface area contributed by atoms with Gasteiger partial charge >= 0.3 is 5.97 Å². The lowest BCUT2D eigenvalue weighted by molar-refractivity contribution is -0.138. The Morgan fingerprint density at radius 3 is 2.24 bits per heavy atom. The number of aliphatic carboxylic acids is 1. The molecule has 0 amide bonds. The summed E-state index contributed by atoms with van der Waals surface area (Å²) in [5, 5.41) is 7.78. The summed E-state index contributed by atoms with van der Waals surface area (Å²) in [5.74, 6) is -1.60. The van der Waals surface area contributed by atoms with Crippen LogP contribution in [0.3, 0.4) is 0 Å². The Morgan fingerprint density at radius 1 is 1.35 bits per heavy atom. The molecule has 0 spiro atoms. The van der Waals surface area contributed by atoms with Crippen molar-refractivity contribution in [2.75, 3.05) is 11.5 Å². The van der Waals surface area contributed by atoms with Gasteiger partial charge in [0, 0.05) is 0 Å². The number of carboxylic acids is 1. The molecule has 1 aliphatic heterocycles. The lowest BCUT2D eigenvalue weighted by Gasteiger charge is -2.23. The second-order valence-electron chi connectivity index (χ2n) is 4.07. The van der Waals surface area contributed by atoms with E-state index < -0.39 is 37.1 Å². The molecule has 100 valence electrons. The molecule has 0 aromatic carbocycles. The molecule has 1 fully saturated rings. The topological polar surface area (TPSA) is 118 Å². The molecule has 1 saturated heterocycles. The van der Waals surface area contributed by atoms with Gasteiger partial charge in [-0.3, -0.25) is 4.79 Å². The number of sulfonamides is 1. The molecule has 7 nitrogen and oxygen atoms in total. The van der Waals surface area contributed by atoms with Crippen molar-refractivity contribution in [1.82, 2.24) is 4.72 Å². The van der Waals surface area contributed by atoms with Crippen LogP contribution >= 0.6 is 0 Å². The standard InChI is InChI=1S/C8H15NO6S2/c1-6(8(10)11)9-17(14,15)7-2-4-16(12,13)5-3-7/h6-7,9H,2-5H2,1H3,(H,10,11). The predicted octanol–water partition coefficient (Wildman–Crippen LogP) is -1.04. The highest BCUT2D eigenvalue weighted by Gasteiger charge is 2.34. The van der Waals surface area contributed by atoms with Crippen molar-refractivity contribution in [3.63, 3.8) is 0 Å². The van der Waals surface area contributed by atoms with Crippen molar-refractivity contribution in [3.05, 3.63) is 0 Å². The summed E-state index contributed by atoms with van der Waals surface area (Å²) in [6.45, 7) is 1.22. The minimum absolute atomic E-state index is 0.0179. The van der Waals surface area contributed by atoms with Gasteiger partial charge in [0.2, 0.25) is 10.0 Å². The average Bonchev–Trinajstić information content (AvgIpc) is 2.15. The Hall–Kier alpha value is -0.670. The molecule has 0 radical (unpaired) electrons. The van der Waals surface area contributed by atoms with E-state index in [0.717, 1.165) is 0 Å². The summed E-state index contributed by atoms with van der Waals surface area (Å²) < 4.78 is 47.8. The molecular weight excluding hydrogens is 270 g/mol. The molecule has 1 atom stereocenters. The van der Waals surface area contributed by atoms with Gasteiger partial charge in [-0.05, 0) is 19.8 Å². The van der Waals surface area contributed by atoms with Crippen LogP contribution in [0.4, 0.5) is 0 Å². The highest BCUT2D eigenvalue weighted by molar-refractivity contribution is 7.92.